The van der Waals surface area contributed by atoms with Gasteiger partial charge in [-0.1, -0.05) is 6.92 Å². The number of hydrogen-bond acceptors (Lipinski definition) is 4. The molecule has 56 valence electrons. The molecule has 1 aromatic rings. The van der Waals surface area contributed by atoms with Crippen molar-refractivity contribution in [2.45, 2.75) is 11.9 Å². The maximum atomic E-state index is 8.61. The van der Waals surface area contributed by atoms with Crippen LogP contribution in [-0.4, -0.2) is 16.0 Å². The second-order valence-corrected chi connectivity index (χ2v) is 3.05. The summed E-state index contributed by atoms with van der Waals surface area (Å²) < 4.78 is 0. The van der Waals surface area contributed by atoms with Gasteiger partial charge in [-0.3, -0.25) is 0 Å². The zero-order valence-electron chi connectivity index (χ0n) is 6.11. The van der Waals surface area contributed by atoms with E-state index in [-0.39, 0.29) is 0 Å². The fourth-order valence-electron chi connectivity index (χ4n) is 0.647. The van der Waals surface area contributed by atoms with E-state index in [2.05, 4.69) is 16.3 Å². The van der Waals surface area contributed by atoms with Crippen LogP contribution in [0.25, 0.3) is 0 Å². The van der Waals surface area contributed by atoms with Crippen LogP contribution >= 0.6 is 11.8 Å². The van der Waals surface area contributed by atoms with Crippen molar-refractivity contribution in [2.75, 3.05) is 5.75 Å². The van der Waals surface area contributed by atoms with Crippen LogP contribution in [0.15, 0.2) is 17.3 Å². The molecule has 11 heavy (non-hydrogen) atoms. The van der Waals surface area contributed by atoms with Gasteiger partial charge in [-0.25, -0.2) is 0 Å². The van der Waals surface area contributed by atoms with Crippen LogP contribution in [0.4, 0.5) is 0 Å². The summed E-state index contributed by atoms with van der Waals surface area (Å²) in [5.74, 6) is 0.910. The summed E-state index contributed by atoms with van der Waals surface area (Å²) in [4.78, 5) is 0. The number of rotatable bonds is 2. The number of nitrogens with zero attached hydrogens (tertiary/aromatic N) is 3. The predicted octanol–water partition coefficient (Wildman–Crippen LogP) is 1.46. The molecule has 0 bridgehead atoms. The molecule has 0 unspecified atom stereocenters. The summed E-state index contributed by atoms with van der Waals surface area (Å²) in [6.07, 6.45) is 1.53. The fourth-order valence-corrected chi connectivity index (χ4v) is 1.29. The van der Waals surface area contributed by atoms with Gasteiger partial charge in [-0.2, -0.15) is 10.4 Å². The Bertz CT molecular complexity index is 279. The monoisotopic (exact) mass is 165 g/mol. The quantitative estimate of drug-likeness (QED) is 0.622. The Labute approximate surface area is 69.4 Å². The predicted molar refractivity (Wildman–Crippen MR) is 43.1 cm³/mol. The lowest BCUT2D eigenvalue weighted by atomic mass is 10.3. The smallest absolute Gasteiger partial charge is 0.137 e. The van der Waals surface area contributed by atoms with Crippen molar-refractivity contribution in [3.8, 4) is 6.07 Å². The fraction of sp³-hybridized carbons (Fsp3) is 0.286. The molecule has 1 rings (SSSR count). The molecule has 0 aliphatic rings. The first-order chi connectivity index (χ1) is 5.38. The highest BCUT2D eigenvalue weighted by Gasteiger charge is 2.00. The molecule has 0 spiro atoms. The minimum atomic E-state index is 0.604. The van der Waals surface area contributed by atoms with Crippen molar-refractivity contribution in [1.82, 2.24) is 10.2 Å². The lowest BCUT2D eigenvalue weighted by molar-refractivity contribution is 0.920. The zero-order valence-corrected chi connectivity index (χ0v) is 6.93. The van der Waals surface area contributed by atoms with Crippen LogP contribution in [0.2, 0.25) is 0 Å². The summed E-state index contributed by atoms with van der Waals surface area (Å²) in [7, 11) is 0. The average molecular weight is 165 g/mol. The molecule has 0 amide bonds. The van der Waals surface area contributed by atoms with Crippen molar-refractivity contribution in [2.24, 2.45) is 0 Å². The molecule has 3 nitrogen and oxygen atoms in total. The Kier molecular flexibility index (Phi) is 2.87. The molecule has 0 saturated carbocycles. The molecule has 0 atom stereocenters. The highest BCUT2D eigenvalue weighted by Crippen LogP contribution is 2.16. The standard InChI is InChI=1S/C7H7N3S/c1-2-11-7-6(5-8)3-4-9-10-7/h3-4H,2H2,1H3. The van der Waals surface area contributed by atoms with Gasteiger partial charge < -0.3 is 0 Å². The van der Waals surface area contributed by atoms with E-state index in [4.69, 9.17) is 5.26 Å². The Morgan fingerprint density at radius 3 is 3.18 bits per heavy atom. The Morgan fingerprint density at radius 1 is 1.73 bits per heavy atom. The molecule has 0 radical (unpaired) electrons. The lowest BCUT2D eigenvalue weighted by Gasteiger charge is -1.95. The van der Waals surface area contributed by atoms with Gasteiger partial charge in [0.1, 0.15) is 11.1 Å². The SMILES string of the molecule is CCSc1nnccc1C#N. The van der Waals surface area contributed by atoms with E-state index < -0.39 is 0 Å². The molecule has 0 N–H and O–H groups in total. The van der Waals surface area contributed by atoms with Crippen molar-refractivity contribution in [3.63, 3.8) is 0 Å². The van der Waals surface area contributed by atoms with Crippen molar-refractivity contribution in [3.05, 3.63) is 17.8 Å². The first-order valence-electron chi connectivity index (χ1n) is 3.23. The topological polar surface area (TPSA) is 49.6 Å². The van der Waals surface area contributed by atoms with E-state index in [1.807, 2.05) is 6.92 Å². The summed E-state index contributed by atoms with van der Waals surface area (Å²) in [6, 6.07) is 3.73. The third-order valence-electron chi connectivity index (χ3n) is 1.09. The third kappa shape index (κ3) is 1.92. The average Bonchev–Trinajstić information content (AvgIpc) is 2.06. The van der Waals surface area contributed by atoms with Crippen LogP contribution in [0.3, 0.4) is 0 Å². The second kappa shape index (κ2) is 3.94. The van der Waals surface area contributed by atoms with Crippen LogP contribution < -0.4 is 0 Å². The van der Waals surface area contributed by atoms with Gasteiger partial charge in [-0.15, -0.1) is 16.9 Å². The summed E-state index contributed by atoms with van der Waals surface area (Å²) >= 11 is 1.53. The molecular formula is C7H7N3S. The van der Waals surface area contributed by atoms with Crippen LogP contribution in [-0.2, 0) is 0 Å². The molecule has 0 saturated heterocycles. The van der Waals surface area contributed by atoms with E-state index in [0.29, 0.717) is 5.56 Å². The minimum absolute atomic E-state index is 0.604. The second-order valence-electron chi connectivity index (χ2n) is 1.79. The van der Waals surface area contributed by atoms with Gasteiger partial charge in [0.15, 0.2) is 0 Å². The van der Waals surface area contributed by atoms with E-state index in [9.17, 15) is 0 Å². The van der Waals surface area contributed by atoms with Crippen molar-refractivity contribution in [1.29, 1.82) is 5.26 Å². The number of thioether (sulfide) groups is 1. The highest BCUT2D eigenvalue weighted by atomic mass is 32.2. The van der Waals surface area contributed by atoms with Crippen molar-refractivity contribution >= 4 is 11.8 Å². The molecule has 4 heteroatoms. The lowest BCUT2D eigenvalue weighted by Crippen LogP contribution is -1.88. The maximum absolute atomic E-state index is 8.61. The largest absolute Gasteiger partial charge is 0.192 e. The van der Waals surface area contributed by atoms with Gasteiger partial charge in [0.2, 0.25) is 0 Å². The van der Waals surface area contributed by atoms with E-state index in [0.717, 1.165) is 10.8 Å². The Hall–Kier alpha value is -1.08. The van der Waals surface area contributed by atoms with Crippen molar-refractivity contribution < 1.29 is 0 Å². The summed E-state index contributed by atoms with van der Waals surface area (Å²) in [5.41, 5.74) is 0.604. The normalized spacial score (nSPS) is 9.09. The minimum Gasteiger partial charge on any atom is -0.192 e. The molecule has 0 aliphatic carbocycles. The number of nitriles is 1. The molecule has 1 aromatic heterocycles. The summed E-state index contributed by atoms with van der Waals surface area (Å²) in [5, 5.41) is 16.9. The molecule has 0 aromatic carbocycles. The molecule has 0 fully saturated rings. The van der Waals surface area contributed by atoms with Crippen LogP contribution in [0.5, 0.6) is 0 Å². The highest BCUT2D eigenvalue weighted by molar-refractivity contribution is 7.99. The van der Waals surface area contributed by atoms with Gasteiger partial charge >= 0.3 is 0 Å². The first-order valence-corrected chi connectivity index (χ1v) is 4.21. The summed E-state index contributed by atoms with van der Waals surface area (Å²) in [6.45, 7) is 2.01. The Morgan fingerprint density at radius 2 is 2.55 bits per heavy atom. The maximum Gasteiger partial charge on any atom is 0.137 e. The Balaban J connectivity index is 2.95. The van der Waals surface area contributed by atoms with Gasteiger partial charge in [0.05, 0.1) is 11.8 Å². The van der Waals surface area contributed by atoms with E-state index in [1.54, 1.807) is 6.07 Å². The van der Waals surface area contributed by atoms with Gasteiger partial charge in [0, 0.05) is 0 Å². The zero-order chi connectivity index (χ0) is 8.10. The van der Waals surface area contributed by atoms with Gasteiger partial charge in [0.25, 0.3) is 0 Å². The molecular weight excluding hydrogens is 158 g/mol. The van der Waals surface area contributed by atoms with E-state index >= 15 is 0 Å². The van der Waals surface area contributed by atoms with Crippen LogP contribution in [0, 0.1) is 11.3 Å². The number of hydrogen-bond donors (Lipinski definition) is 0. The number of aromatic nitrogens is 2. The molecule has 1 heterocycles. The molecule has 0 aliphatic heterocycles. The first kappa shape index (κ1) is 8.02. The van der Waals surface area contributed by atoms with Crippen LogP contribution in [0.1, 0.15) is 12.5 Å². The third-order valence-corrected chi connectivity index (χ3v) is 1.95. The van der Waals surface area contributed by atoms with E-state index in [1.165, 1.54) is 18.0 Å². The van der Waals surface area contributed by atoms with Gasteiger partial charge in [-0.05, 0) is 11.8 Å².